The summed E-state index contributed by atoms with van der Waals surface area (Å²) >= 11 is 0. The predicted molar refractivity (Wildman–Crippen MR) is 154 cm³/mol. The van der Waals surface area contributed by atoms with E-state index < -0.39 is 10.2 Å². The van der Waals surface area contributed by atoms with Crippen LogP contribution in [0.1, 0.15) is 29.8 Å². The van der Waals surface area contributed by atoms with Gasteiger partial charge in [0.05, 0.1) is 18.9 Å². The molecule has 2 fully saturated rings. The molecule has 3 aromatic heterocycles. The molecule has 1 amide bonds. The first kappa shape index (κ1) is 27.2. The fourth-order valence-electron chi connectivity index (χ4n) is 4.96. The normalized spacial score (nSPS) is 16.5. The average molecular weight is 581 g/mol. The van der Waals surface area contributed by atoms with Crippen LogP contribution < -0.4 is 10.2 Å². The van der Waals surface area contributed by atoms with Crippen LogP contribution in [0.5, 0.6) is 0 Å². The van der Waals surface area contributed by atoms with Crippen molar-refractivity contribution in [3.05, 3.63) is 48.2 Å². The summed E-state index contributed by atoms with van der Waals surface area (Å²) in [7, 11) is -1.10. The summed E-state index contributed by atoms with van der Waals surface area (Å²) in [6.07, 6.45) is 3.04. The van der Waals surface area contributed by atoms with Crippen molar-refractivity contribution in [1.29, 1.82) is 0 Å². The van der Waals surface area contributed by atoms with Gasteiger partial charge in [-0.2, -0.15) is 22.8 Å². The van der Waals surface area contributed by atoms with Gasteiger partial charge in [-0.05, 0) is 19.3 Å². The molecule has 0 unspecified atom stereocenters. The molecular formula is C27H32N8O5S. The molecule has 1 aromatic carbocycles. The van der Waals surface area contributed by atoms with Gasteiger partial charge in [0.25, 0.3) is 5.91 Å². The Morgan fingerprint density at radius 1 is 0.976 bits per heavy atom. The number of ether oxygens (including phenoxy) is 1. The SMILES string of the molecule is CN(C)S(=O)(=O)n1nc(-c2ccccc2)cc1Nc1nc(N2CCOCC2)c2oc(C(=O)N3CCCCC3)cc2n1. The van der Waals surface area contributed by atoms with Crippen molar-refractivity contribution in [2.45, 2.75) is 19.3 Å². The predicted octanol–water partition coefficient (Wildman–Crippen LogP) is 2.95. The van der Waals surface area contributed by atoms with Crippen LogP contribution in [0.2, 0.25) is 0 Å². The number of aromatic nitrogens is 4. The smallest absolute Gasteiger partial charge is 0.324 e. The quantitative estimate of drug-likeness (QED) is 0.347. The third-order valence-corrected chi connectivity index (χ3v) is 8.82. The Labute approximate surface area is 237 Å². The van der Waals surface area contributed by atoms with E-state index in [1.807, 2.05) is 35.2 Å². The Morgan fingerprint density at radius 2 is 1.71 bits per heavy atom. The highest BCUT2D eigenvalue weighted by Crippen LogP contribution is 2.32. The van der Waals surface area contributed by atoms with E-state index in [0.717, 1.165) is 33.2 Å². The molecule has 5 heterocycles. The Bertz CT molecular complexity index is 1660. The summed E-state index contributed by atoms with van der Waals surface area (Å²) in [6, 6.07) is 12.6. The van der Waals surface area contributed by atoms with Crippen molar-refractivity contribution >= 4 is 44.8 Å². The molecule has 0 radical (unpaired) electrons. The summed E-state index contributed by atoms with van der Waals surface area (Å²) in [4.78, 5) is 26.4. The van der Waals surface area contributed by atoms with Crippen LogP contribution in [0.3, 0.4) is 0 Å². The number of rotatable bonds is 7. The van der Waals surface area contributed by atoms with Crippen molar-refractivity contribution < 1.29 is 22.4 Å². The molecule has 13 nitrogen and oxygen atoms in total. The second kappa shape index (κ2) is 11.1. The highest BCUT2D eigenvalue weighted by molar-refractivity contribution is 7.87. The second-order valence-electron chi connectivity index (χ2n) is 10.2. The van der Waals surface area contributed by atoms with Gasteiger partial charge < -0.3 is 24.3 Å². The van der Waals surface area contributed by atoms with Gasteiger partial charge in [0.1, 0.15) is 11.3 Å². The van der Waals surface area contributed by atoms with Gasteiger partial charge in [-0.15, -0.1) is 4.09 Å². The first-order valence-corrected chi connectivity index (χ1v) is 15.0. The molecule has 6 rings (SSSR count). The van der Waals surface area contributed by atoms with Crippen molar-refractivity contribution in [3.8, 4) is 11.3 Å². The molecule has 2 aliphatic rings. The Kier molecular flexibility index (Phi) is 7.36. The summed E-state index contributed by atoms with van der Waals surface area (Å²) < 4.78 is 40.1. The molecule has 41 heavy (non-hydrogen) atoms. The van der Waals surface area contributed by atoms with Gasteiger partial charge in [0.2, 0.25) is 5.95 Å². The number of furan rings is 1. The summed E-state index contributed by atoms with van der Waals surface area (Å²) in [5.41, 5.74) is 2.06. The lowest BCUT2D eigenvalue weighted by atomic mass is 10.1. The van der Waals surface area contributed by atoms with Crippen molar-refractivity contribution in [2.24, 2.45) is 0 Å². The number of amides is 1. The van der Waals surface area contributed by atoms with Crippen LogP contribution in [-0.2, 0) is 14.9 Å². The van der Waals surface area contributed by atoms with E-state index in [1.165, 1.54) is 14.1 Å². The Balaban J connectivity index is 1.43. The lowest BCUT2D eigenvalue weighted by molar-refractivity contribution is 0.0694. The first-order valence-electron chi connectivity index (χ1n) is 13.6. The average Bonchev–Trinajstić information content (AvgIpc) is 3.63. The topological polar surface area (TPSA) is 139 Å². The van der Waals surface area contributed by atoms with Gasteiger partial charge in [-0.3, -0.25) is 4.79 Å². The fourth-order valence-corrected chi connectivity index (χ4v) is 5.81. The fraction of sp³-hybridized carbons (Fsp3) is 0.407. The van der Waals surface area contributed by atoms with Gasteiger partial charge >= 0.3 is 10.2 Å². The monoisotopic (exact) mass is 580 g/mol. The van der Waals surface area contributed by atoms with Crippen LogP contribution in [0, 0.1) is 0 Å². The maximum atomic E-state index is 13.2. The maximum Gasteiger partial charge on any atom is 0.324 e. The third-order valence-electron chi connectivity index (χ3n) is 7.19. The number of nitrogens with zero attached hydrogens (tertiary/aromatic N) is 7. The van der Waals surface area contributed by atoms with Crippen molar-refractivity contribution in [1.82, 2.24) is 28.4 Å². The number of hydrogen-bond acceptors (Lipinski definition) is 10. The molecule has 0 atom stereocenters. The van der Waals surface area contributed by atoms with Gasteiger partial charge in [-0.25, -0.2) is 4.98 Å². The van der Waals surface area contributed by atoms with Crippen molar-refractivity contribution in [2.75, 3.05) is 63.7 Å². The zero-order valence-electron chi connectivity index (χ0n) is 23.0. The minimum Gasteiger partial charge on any atom is -0.445 e. The molecule has 216 valence electrons. The van der Waals surface area contributed by atoms with E-state index in [4.69, 9.17) is 14.1 Å². The van der Waals surface area contributed by atoms with E-state index in [2.05, 4.69) is 15.4 Å². The number of anilines is 3. The van der Waals surface area contributed by atoms with E-state index in [9.17, 15) is 13.2 Å². The first-order chi connectivity index (χ1) is 19.8. The summed E-state index contributed by atoms with van der Waals surface area (Å²) in [5, 5.41) is 7.47. The van der Waals surface area contributed by atoms with E-state index in [0.29, 0.717) is 62.0 Å². The van der Waals surface area contributed by atoms with Gasteiger partial charge in [0.15, 0.2) is 17.2 Å². The van der Waals surface area contributed by atoms with Gasteiger partial charge in [0, 0.05) is 58.0 Å². The molecule has 4 aromatic rings. The molecule has 14 heteroatoms. The number of fused-ring (bicyclic) bond motifs is 1. The van der Waals surface area contributed by atoms with E-state index >= 15 is 0 Å². The summed E-state index contributed by atoms with van der Waals surface area (Å²) in [5.74, 6) is 0.843. The number of morpholine rings is 1. The number of likely N-dealkylation sites (tertiary alicyclic amines) is 1. The number of piperidine rings is 1. The lowest BCUT2D eigenvalue weighted by Crippen LogP contribution is -2.37. The van der Waals surface area contributed by atoms with Crippen LogP contribution in [-0.4, -0.2) is 96.2 Å². The van der Waals surface area contributed by atoms with Gasteiger partial charge in [-0.1, -0.05) is 30.3 Å². The maximum absolute atomic E-state index is 13.2. The summed E-state index contributed by atoms with van der Waals surface area (Å²) in [6.45, 7) is 3.57. The molecule has 2 saturated heterocycles. The molecule has 0 aliphatic carbocycles. The standard InChI is InChI=1S/C27H32N8O5S/c1-32(2)41(37,38)35-23(18-20(31-35)19-9-5-3-6-10-19)29-27-28-21-17-22(26(36)34-11-7-4-8-12-34)40-24(21)25(30-27)33-13-15-39-16-14-33/h3,5-6,9-10,17-18H,4,7-8,11-16H2,1-2H3,(H,28,29,30). The molecule has 1 N–H and O–H groups in total. The van der Waals surface area contributed by atoms with E-state index in [-0.39, 0.29) is 23.4 Å². The van der Waals surface area contributed by atoms with Crippen LogP contribution in [0.25, 0.3) is 22.4 Å². The number of benzene rings is 1. The molecule has 0 saturated carbocycles. The molecule has 2 aliphatic heterocycles. The highest BCUT2D eigenvalue weighted by atomic mass is 32.2. The molecular weight excluding hydrogens is 548 g/mol. The second-order valence-corrected chi connectivity index (χ2v) is 12.2. The minimum atomic E-state index is -3.98. The largest absolute Gasteiger partial charge is 0.445 e. The third kappa shape index (κ3) is 5.37. The Hall–Kier alpha value is -4.01. The minimum absolute atomic E-state index is 0.145. The molecule has 0 bridgehead atoms. The van der Waals surface area contributed by atoms with Crippen molar-refractivity contribution in [3.63, 3.8) is 0 Å². The Morgan fingerprint density at radius 3 is 2.41 bits per heavy atom. The number of nitrogens with one attached hydrogen (secondary N) is 1. The van der Waals surface area contributed by atoms with Crippen LogP contribution in [0.15, 0.2) is 46.9 Å². The van der Waals surface area contributed by atoms with Crippen LogP contribution >= 0.6 is 0 Å². The lowest BCUT2D eigenvalue weighted by Gasteiger charge is -2.28. The zero-order valence-corrected chi connectivity index (χ0v) is 23.8. The highest BCUT2D eigenvalue weighted by Gasteiger charge is 2.28. The number of hydrogen-bond donors (Lipinski definition) is 1. The zero-order chi connectivity index (χ0) is 28.6. The van der Waals surface area contributed by atoms with Crippen LogP contribution in [0.4, 0.5) is 17.6 Å². The number of carbonyl (C=O) groups excluding carboxylic acids is 1. The van der Waals surface area contributed by atoms with E-state index in [1.54, 1.807) is 17.0 Å². The number of carbonyl (C=O) groups is 1. The molecule has 0 spiro atoms.